The number of ether oxygens (including phenoxy) is 1. The SMILES string of the molecule is COc1c(C)cc(Cl)c(C)c1CCON. The molecule has 0 saturated carbocycles. The summed E-state index contributed by atoms with van der Waals surface area (Å²) in [6, 6.07) is 1.91. The predicted octanol–water partition coefficient (Wildman–Crippen LogP) is 2.40. The molecule has 0 amide bonds. The van der Waals surface area contributed by atoms with Crippen LogP contribution in [0.3, 0.4) is 0 Å². The summed E-state index contributed by atoms with van der Waals surface area (Å²) in [4.78, 5) is 4.58. The Morgan fingerprint density at radius 2 is 2.07 bits per heavy atom. The first kappa shape index (κ1) is 12.3. The minimum atomic E-state index is 0.455. The van der Waals surface area contributed by atoms with Gasteiger partial charge >= 0.3 is 0 Å². The Labute approximate surface area is 95.1 Å². The minimum absolute atomic E-state index is 0.455. The highest BCUT2D eigenvalue weighted by Gasteiger charge is 2.12. The fourth-order valence-electron chi connectivity index (χ4n) is 1.66. The zero-order chi connectivity index (χ0) is 11.4. The fourth-order valence-corrected chi connectivity index (χ4v) is 1.94. The van der Waals surface area contributed by atoms with Gasteiger partial charge in [-0.3, -0.25) is 0 Å². The average Bonchev–Trinajstić information content (AvgIpc) is 2.21. The summed E-state index contributed by atoms with van der Waals surface area (Å²) in [5.74, 6) is 5.89. The number of hydrogen-bond donors (Lipinski definition) is 1. The molecule has 1 aromatic carbocycles. The number of benzene rings is 1. The van der Waals surface area contributed by atoms with Crippen LogP contribution in [-0.4, -0.2) is 13.7 Å². The van der Waals surface area contributed by atoms with Gasteiger partial charge in [0, 0.05) is 17.0 Å². The molecule has 84 valence electrons. The Morgan fingerprint density at radius 3 is 2.60 bits per heavy atom. The molecule has 1 rings (SSSR count). The van der Waals surface area contributed by atoms with Gasteiger partial charge in [-0.15, -0.1) is 0 Å². The van der Waals surface area contributed by atoms with Crippen molar-refractivity contribution < 1.29 is 9.57 Å². The zero-order valence-electron chi connectivity index (χ0n) is 9.26. The second kappa shape index (κ2) is 5.35. The van der Waals surface area contributed by atoms with Crippen molar-refractivity contribution in [3.05, 3.63) is 27.8 Å². The molecule has 4 heteroatoms. The lowest BCUT2D eigenvalue weighted by Crippen LogP contribution is -2.07. The molecule has 0 atom stereocenters. The van der Waals surface area contributed by atoms with Crippen LogP contribution in [0.25, 0.3) is 0 Å². The van der Waals surface area contributed by atoms with Crippen LogP contribution >= 0.6 is 11.6 Å². The smallest absolute Gasteiger partial charge is 0.125 e. The van der Waals surface area contributed by atoms with Gasteiger partial charge in [0.15, 0.2) is 0 Å². The molecule has 0 heterocycles. The van der Waals surface area contributed by atoms with Crippen LogP contribution in [0.2, 0.25) is 5.02 Å². The van der Waals surface area contributed by atoms with E-state index in [-0.39, 0.29) is 0 Å². The van der Waals surface area contributed by atoms with Crippen molar-refractivity contribution in [2.75, 3.05) is 13.7 Å². The second-order valence-electron chi connectivity index (χ2n) is 3.43. The first-order chi connectivity index (χ1) is 7.11. The third-order valence-corrected chi connectivity index (χ3v) is 2.85. The molecule has 0 spiro atoms. The molecule has 0 aliphatic heterocycles. The summed E-state index contributed by atoms with van der Waals surface area (Å²) in [5, 5.41) is 0.750. The molecule has 0 unspecified atom stereocenters. The molecule has 0 aliphatic rings. The predicted molar refractivity (Wildman–Crippen MR) is 61.3 cm³/mol. The molecule has 0 saturated heterocycles. The quantitative estimate of drug-likeness (QED) is 0.807. The molecular weight excluding hydrogens is 214 g/mol. The van der Waals surface area contributed by atoms with Crippen molar-refractivity contribution in [3.8, 4) is 5.75 Å². The van der Waals surface area contributed by atoms with Gasteiger partial charge in [-0.25, -0.2) is 5.90 Å². The van der Waals surface area contributed by atoms with Gasteiger partial charge in [-0.05, 0) is 31.0 Å². The normalized spacial score (nSPS) is 10.5. The third kappa shape index (κ3) is 2.62. The first-order valence-electron chi connectivity index (χ1n) is 4.76. The van der Waals surface area contributed by atoms with Gasteiger partial charge in [0.25, 0.3) is 0 Å². The maximum Gasteiger partial charge on any atom is 0.125 e. The Balaban J connectivity index is 3.18. The van der Waals surface area contributed by atoms with Gasteiger partial charge in [0.2, 0.25) is 0 Å². The highest BCUT2D eigenvalue weighted by molar-refractivity contribution is 6.31. The van der Waals surface area contributed by atoms with Gasteiger partial charge in [-0.1, -0.05) is 11.6 Å². The van der Waals surface area contributed by atoms with E-state index in [9.17, 15) is 0 Å². The van der Waals surface area contributed by atoms with E-state index >= 15 is 0 Å². The lowest BCUT2D eigenvalue weighted by atomic mass is 10.0. The minimum Gasteiger partial charge on any atom is -0.496 e. The second-order valence-corrected chi connectivity index (χ2v) is 3.84. The lowest BCUT2D eigenvalue weighted by molar-refractivity contribution is 0.140. The molecule has 0 bridgehead atoms. The van der Waals surface area contributed by atoms with Gasteiger partial charge in [0.1, 0.15) is 5.75 Å². The van der Waals surface area contributed by atoms with Crippen LogP contribution in [0.15, 0.2) is 6.07 Å². The van der Waals surface area contributed by atoms with E-state index < -0.39 is 0 Å². The molecule has 1 aromatic rings. The Hall–Kier alpha value is -0.770. The third-order valence-electron chi connectivity index (χ3n) is 2.46. The highest BCUT2D eigenvalue weighted by atomic mass is 35.5. The zero-order valence-corrected chi connectivity index (χ0v) is 10.0. The molecular formula is C11H16ClNO2. The summed E-state index contributed by atoms with van der Waals surface area (Å²) < 4.78 is 5.35. The Kier molecular flexibility index (Phi) is 4.39. The van der Waals surface area contributed by atoms with Crippen molar-refractivity contribution in [1.82, 2.24) is 0 Å². The van der Waals surface area contributed by atoms with E-state index in [1.165, 1.54) is 0 Å². The summed E-state index contributed by atoms with van der Waals surface area (Å²) in [5.41, 5.74) is 3.12. The summed E-state index contributed by atoms with van der Waals surface area (Å²) in [7, 11) is 1.66. The lowest BCUT2D eigenvalue weighted by Gasteiger charge is -2.15. The van der Waals surface area contributed by atoms with E-state index in [0.717, 1.165) is 27.5 Å². The molecule has 0 radical (unpaired) electrons. The highest BCUT2D eigenvalue weighted by Crippen LogP contribution is 2.32. The molecule has 15 heavy (non-hydrogen) atoms. The van der Waals surface area contributed by atoms with E-state index in [1.54, 1.807) is 7.11 Å². The van der Waals surface area contributed by atoms with Crippen LogP contribution in [-0.2, 0) is 11.3 Å². The van der Waals surface area contributed by atoms with E-state index in [2.05, 4.69) is 4.84 Å². The van der Waals surface area contributed by atoms with Gasteiger partial charge in [-0.2, -0.15) is 0 Å². The maximum atomic E-state index is 6.10. The topological polar surface area (TPSA) is 44.5 Å². The number of aryl methyl sites for hydroxylation is 1. The molecule has 0 aliphatic carbocycles. The van der Waals surface area contributed by atoms with Crippen molar-refractivity contribution in [3.63, 3.8) is 0 Å². The molecule has 3 nitrogen and oxygen atoms in total. The number of rotatable bonds is 4. The summed E-state index contributed by atoms with van der Waals surface area (Å²) in [6.07, 6.45) is 0.701. The monoisotopic (exact) mass is 229 g/mol. The summed E-state index contributed by atoms with van der Waals surface area (Å²) in [6.45, 7) is 4.39. The number of halogens is 1. The largest absolute Gasteiger partial charge is 0.496 e. The number of nitrogens with two attached hydrogens (primary N) is 1. The number of methoxy groups -OCH3 is 1. The molecule has 0 aromatic heterocycles. The Morgan fingerprint density at radius 1 is 1.40 bits per heavy atom. The van der Waals surface area contributed by atoms with Crippen molar-refractivity contribution in [2.45, 2.75) is 20.3 Å². The van der Waals surface area contributed by atoms with Crippen LogP contribution in [0.1, 0.15) is 16.7 Å². The van der Waals surface area contributed by atoms with Gasteiger partial charge in [0.05, 0.1) is 13.7 Å². The van der Waals surface area contributed by atoms with Crippen molar-refractivity contribution in [1.29, 1.82) is 0 Å². The van der Waals surface area contributed by atoms with Crippen molar-refractivity contribution in [2.24, 2.45) is 5.90 Å². The Bertz CT molecular complexity index is 353. The van der Waals surface area contributed by atoms with E-state index in [1.807, 2.05) is 19.9 Å². The fraction of sp³-hybridized carbons (Fsp3) is 0.455. The van der Waals surface area contributed by atoms with Gasteiger partial charge < -0.3 is 9.57 Å². The molecule has 2 N–H and O–H groups in total. The van der Waals surface area contributed by atoms with E-state index in [0.29, 0.717) is 13.0 Å². The maximum absolute atomic E-state index is 6.10. The van der Waals surface area contributed by atoms with Crippen LogP contribution in [0.4, 0.5) is 0 Å². The number of hydrogen-bond acceptors (Lipinski definition) is 3. The molecule has 0 fully saturated rings. The first-order valence-corrected chi connectivity index (χ1v) is 5.13. The standard InChI is InChI=1S/C11H16ClNO2/c1-7-6-10(12)8(2)9(4-5-15-13)11(7)14-3/h6H,4-5,13H2,1-3H3. The van der Waals surface area contributed by atoms with Crippen LogP contribution in [0, 0.1) is 13.8 Å². The average molecular weight is 230 g/mol. The van der Waals surface area contributed by atoms with Crippen LogP contribution in [0.5, 0.6) is 5.75 Å². The van der Waals surface area contributed by atoms with Crippen LogP contribution < -0.4 is 10.6 Å². The summed E-state index contributed by atoms with van der Waals surface area (Å²) >= 11 is 6.10. The van der Waals surface area contributed by atoms with E-state index in [4.69, 9.17) is 22.2 Å². The van der Waals surface area contributed by atoms with Crippen molar-refractivity contribution >= 4 is 11.6 Å².